The fraction of sp³-hybridized carbons (Fsp3) is 0.727. The van der Waals surface area contributed by atoms with Gasteiger partial charge in [0.1, 0.15) is 5.82 Å². The van der Waals surface area contributed by atoms with Crippen LogP contribution in [0.4, 0.5) is 13.2 Å². The topological polar surface area (TPSA) is 0 Å². The van der Waals surface area contributed by atoms with Crippen molar-refractivity contribution in [3.63, 3.8) is 0 Å². The number of benzene rings is 1. The molecule has 0 radical (unpaired) electrons. The van der Waals surface area contributed by atoms with Gasteiger partial charge in [-0.1, -0.05) is 31.9 Å². The highest BCUT2D eigenvalue weighted by Crippen LogP contribution is 2.54. The van der Waals surface area contributed by atoms with Crippen LogP contribution >= 0.6 is 0 Å². The molecule has 4 rings (SSSR count). The summed E-state index contributed by atoms with van der Waals surface area (Å²) in [6, 6.07) is 4.42. The van der Waals surface area contributed by atoms with Crippen molar-refractivity contribution >= 4 is 0 Å². The van der Waals surface area contributed by atoms with E-state index in [2.05, 4.69) is 6.92 Å². The minimum Gasteiger partial charge on any atom is -0.206 e. The maximum Gasteiger partial charge on any atom is 0.279 e. The molecule has 3 aliphatic rings. The van der Waals surface area contributed by atoms with Gasteiger partial charge in [0.2, 0.25) is 0 Å². The molecule has 0 amide bonds. The molecule has 1 aromatic rings. The highest BCUT2D eigenvalue weighted by Gasteiger charge is 2.53. The molecular weight excluding hydrogens is 321 g/mol. The second kappa shape index (κ2) is 6.63. The van der Waals surface area contributed by atoms with Crippen molar-refractivity contribution in [3.05, 3.63) is 35.1 Å². The first-order valence-corrected chi connectivity index (χ1v) is 10.1. The van der Waals surface area contributed by atoms with Crippen LogP contribution in [0.25, 0.3) is 0 Å². The van der Waals surface area contributed by atoms with Gasteiger partial charge in [-0.3, -0.25) is 0 Å². The van der Waals surface area contributed by atoms with Crippen LogP contribution in [0, 0.1) is 35.4 Å². The molecular formula is C22H29F3. The molecule has 3 aliphatic carbocycles. The Morgan fingerprint density at radius 2 is 1.40 bits per heavy atom. The number of alkyl halides is 2. The van der Waals surface area contributed by atoms with Gasteiger partial charge in [0.15, 0.2) is 0 Å². The SMILES string of the molecule is CC1CCC(C2CCC(C3Cc4cccc(F)c4C3(F)F)CC2)CC1. The normalized spacial score (nSPS) is 37.7. The Morgan fingerprint density at radius 1 is 0.840 bits per heavy atom. The Kier molecular flexibility index (Phi) is 4.62. The second-order valence-corrected chi connectivity index (χ2v) is 8.90. The van der Waals surface area contributed by atoms with E-state index in [0.717, 1.165) is 43.4 Å². The van der Waals surface area contributed by atoms with Crippen LogP contribution in [0.15, 0.2) is 18.2 Å². The molecule has 0 aliphatic heterocycles. The molecule has 0 bridgehead atoms. The van der Waals surface area contributed by atoms with Crippen molar-refractivity contribution in [2.24, 2.45) is 29.6 Å². The van der Waals surface area contributed by atoms with Crippen molar-refractivity contribution in [2.45, 2.75) is 70.6 Å². The van der Waals surface area contributed by atoms with Crippen LogP contribution in [0.2, 0.25) is 0 Å². The smallest absolute Gasteiger partial charge is 0.206 e. The monoisotopic (exact) mass is 350 g/mol. The molecule has 0 aromatic heterocycles. The maximum absolute atomic E-state index is 14.9. The zero-order valence-corrected chi connectivity index (χ0v) is 15.1. The lowest BCUT2D eigenvalue weighted by Crippen LogP contribution is -2.33. The summed E-state index contributed by atoms with van der Waals surface area (Å²) < 4.78 is 43.8. The van der Waals surface area contributed by atoms with Crippen molar-refractivity contribution in [1.29, 1.82) is 0 Å². The van der Waals surface area contributed by atoms with E-state index in [9.17, 15) is 13.2 Å². The molecule has 1 atom stereocenters. The van der Waals surface area contributed by atoms with E-state index in [4.69, 9.17) is 0 Å². The fourth-order valence-electron chi connectivity index (χ4n) is 5.90. The van der Waals surface area contributed by atoms with E-state index in [1.807, 2.05) is 0 Å². The number of hydrogen-bond acceptors (Lipinski definition) is 0. The number of halogens is 3. The molecule has 2 fully saturated rings. The lowest BCUT2D eigenvalue weighted by atomic mass is 9.67. The van der Waals surface area contributed by atoms with E-state index < -0.39 is 17.7 Å². The summed E-state index contributed by atoms with van der Waals surface area (Å²) in [6.07, 6.45) is 9.64. The highest BCUT2D eigenvalue weighted by molar-refractivity contribution is 5.38. The van der Waals surface area contributed by atoms with Crippen LogP contribution in [0.1, 0.15) is 69.4 Å². The Hall–Kier alpha value is -0.990. The molecule has 1 aromatic carbocycles. The van der Waals surface area contributed by atoms with Gasteiger partial charge in [-0.2, -0.15) is 0 Å². The van der Waals surface area contributed by atoms with Gasteiger partial charge in [0, 0.05) is 5.92 Å². The zero-order valence-electron chi connectivity index (χ0n) is 15.1. The van der Waals surface area contributed by atoms with Gasteiger partial charge in [-0.15, -0.1) is 0 Å². The first kappa shape index (κ1) is 17.4. The van der Waals surface area contributed by atoms with E-state index in [1.165, 1.54) is 31.7 Å². The number of hydrogen-bond donors (Lipinski definition) is 0. The largest absolute Gasteiger partial charge is 0.279 e. The third kappa shape index (κ3) is 3.13. The zero-order chi connectivity index (χ0) is 17.6. The van der Waals surface area contributed by atoms with Crippen molar-refractivity contribution in [1.82, 2.24) is 0 Å². The molecule has 0 spiro atoms. The molecule has 1 unspecified atom stereocenters. The predicted octanol–water partition coefficient (Wildman–Crippen LogP) is 6.72. The van der Waals surface area contributed by atoms with Crippen LogP contribution in [0.5, 0.6) is 0 Å². The van der Waals surface area contributed by atoms with E-state index in [1.54, 1.807) is 12.1 Å². The molecule has 0 nitrogen and oxygen atoms in total. The Labute approximate surface area is 149 Å². The fourth-order valence-corrected chi connectivity index (χ4v) is 5.90. The summed E-state index contributed by atoms with van der Waals surface area (Å²) in [5, 5.41) is 0. The summed E-state index contributed by atoms with van der Waals surface area (Å²) in [5.74, 6) is -1.98. The van der Waals surface area contributed by atoms with E-state index in [-0.39, 0.29) is 11.5 Å². The van der Waals surface area contributed by atoms with Crippen molar-refractivity contribution in [3.8, 4) is 0 Å². The number of rotatable bonds is 2. The van der Waals surface area contributed by atoms with Crippen LogP contribution in [-0.2, 0) is 12.3 Å². The summed E-state index contributed by atoms with van der Waals surface area (Å²) in [5.41, 5.74) is 0.210. The van der Waals surface area contributed by atoms with E-state index in [0.29, 0.717) is 12.0 Å². The van der Waals surface area contributed by atoms with Gasteiger partial charge in [0.05, 0.1) is 5.56 Å². The second-order valence-electron chi connectivity index (χ2n) is 8.90. The average Bonchev–Trinajstić information content (AvgIpc) is 2.88. The third-order valence-corrected chi connectivity index (χ3v) is 7.45. The Bertz CT molecular complexity index is 608. The first-order valence-electron chi connectivity index (χ1n) is 10.1. The standard InChI is InChI=1S/C22H29F3/c1-14-5-7-15(8-6-14)16-9-11-17(12-10-16)19-13-18-3-2-4-20(23)21(18)22(19,24)25/h2-4,14-17,19H,5-13H2,1H3. The summed E-state index contributed by atoms with van der Waals surface area (Å²) in [4.78, 5) is 0. The first-order chi connectivity index (χ1) is 12.0. The minimum atomic E-state index is -3.00. The van der Waals surface area contributed by atoms with Gasteiger partial charge >= 0.3 is 0 Å². The summed E-state index contributed by atoms with van der Waals surface area (Å²) in [7, 11) is 0. The van der Waals surface area contributed by atoms with Gasteiger partial charge in [-0.05, 0) is 80.2 Å². The van der Waals surface area contributed by atoms with Crippen LogP contribution in [-0.4, -0.2) is 0 Å². The maximum atomic E-state index is 14.9. The summed E-state index contributed by atoms with van der Waals surface area (Å²) in [6.45, 7) is 2.34. The minimum absolute atomic E-state index is 0.0422. The Balaban J connectivity index is 1.41. The molecule has 0 N–H and O–H groups in total. The lowest BCUT2D eigenvalue weighted by Gasteiger charge is -2.39. The quantitative estimate of drug-likeness (QED) is 0.555. The van der Waals surface area contributed by atoms with Crippen LogP contribution in [0.3, 0.4) is 0 Å². The Morgan fingerprint density at radius 3 is 2.00 bits per heavy atom. The van der Waals surface area contributed by atoms with Crippen molar-refractivity contribution in [2.75, 3.05) is 0 Å². The molecule has 3 heteroatoms. The van der Waals surface area contributed by atoms with E-state index >= 15 is 0 Å². The predicted molar refractivity (Wildman–Crippen MR) is 94.1 cm³/mol. The van der Waals surface area contributed by atoms with Gasteiger partial charge in [0.25, 0.3) is 5.92 Å². The molecule has 138 valence electrons. The molecule has 0 saturated heterocycles. The van der Waals surface area contributed by atoms with Gasteiger partial charge < -0.3 is 0 Å². The van der Waals surface area contributed by atoms with Crippen molar-refractivity contribution < 1.29 is 13.2 Å². The lowest BCUT2D eigenvalue weighted by molar-refractivity contribution is -0.0853. The third-order valence-electron chi connectivity index (χ3n) is 7.45. The van der Waals surface area contributed by atoms with Gasteiger partial charge in [-0.25, -0.2) is 13.2 Å². The summed E-state index contributed by atoms with van der Waals surface area (Å²) >= 11 is 0. The highest BCUT2D eigenvalue weighted by atomic mass is 19.3. The molecule has 2 saturated carbocycles. The average molecular weight is 350 g/mol. The molecule has 25 heavy (non-hydrogen) atoms. The van der Waals surface area contributed by atoms with Crippen LogP contribution < -0.4 is 0 Å². The molecule has 0 heterocycles. The number of fused-ring (bicyclic) bond motifs is 1.